The molecule has 0 saturated carbocycles. The summed E-state index contributed by atoms with van der Waals surface area (Å²) in [7, 11) is 0. The van der Waals surface area contributed by atoms with Gasteiger partial charge in [0.15, 0.2) is 11.5 Å². The number of phenols is 1. The van der Waals surface area contributed by atoms with Crippen LogP contribution in [0, 0.1) is 0 Å². The first kappa shape index (κ1) is 17.4. The summed E-state index contributed by atoms with van der Waals surface area (Å²) >= 11 is 0. The summed E-state index contributed by atoms with van der Waals surface area (Å²) in [5, 5.41) is 56.8. The van der Waals surface area contributed by atoms with Crippen molar-refractivity contribution in [3.8, 4) is 11.5 Å². The van der Waals surface area contributed by atoms with Gasteiger partial charge in [-0.05, 0) is 17.7 Å². The minimum atomic E-state index is -1.63. The Labute approximate surface area is 130 Å². The maximum atomic E-state index is 10.7. The molecular weight excluding hydrogens is 312 g/mol. The van der Waals surface area contributed by atoms with E-state index in [0.29, 0.717) is 5.56 Å². The van der Waals surface area contributed by atoms with Gasteiger partial charge in [0, 0.05) is 0 Å². The van der Waals surface area contributed by atoms with Crippen LogP contribution < -0.4 is 4.74 Å². The summed E-state index contributed by atoms with van der Waals surface area (Å²) in [6, 6.07) is 3.87. The van der Waals surface area contributed by atoms with Gasteiger partial charge in [0.2, 0.25) is 6.29 Å². The second kappa shape index (κ2) is 7.11. The van der Waals surface area contributed by atoms with Crippen molar-refractivity contribution in [1.82, 2.24) is 0 Å². The Morgan fingerprint density at radius 2 is 1.87 bits per heavy atom. The predicted octanol–water partition coefficient (Wildman–Crippen LogP) is -1.80. The minimum absolute atomic E-state index is 0.159. The topological polar surface area (TPSA) is 157 Å². The Bertz CT molecular complexity index is 559. The molecule has 0 bridgehead atoms. The van der Waals surface area contributed by atoms with Gasteiger partial charge in [-0.15, -0.1) is 0 Å². The highest BCUT2D eigenvalue weighted by Crippen LogP contribution is 2.31. The maximum Gasteiger partial charge on any atom is 0.307 e. The molecule has 5 atom stereocenters. The van der Waals surface area contributed by atoms with Crippen LogP contribution in [0.3, 0.4) is 0 Å². The molecule has 0 amide bonds. The standard InChI is InChI=1S/C14H18O9/c15-5-9-11(19)12(20)13(21)14(23-9)22-8-3-6(4-10(17)18)1-2-7(8)16/h1-3,9,11-16,19-21H,4-5H2,(H,17,18)/t9-,11-,12+,13-,14+/m1/s1. The monoisotopic (exact) mass is 330 g/mol. The Balaban J connectivity index is 2.18. The predicted molar refractivity (Wildman–Crippen MR) is 73.8 cm³/mol. The third kappa shape index (κ3) is 3.89. The van der Waals surface area contributed by atoms with Gasteiger partial charge < -0.3 is 40.1 Å². The number of ether oxygens (including phenoxy) is 2. The zero-order valence-corrected chi connectivity index (χ0v) is 11.9. The molecule has 1 aromatic rings. The minimum Gasteiger partial charge on any atom is -0.504 e. The van der Waals surface area contributed by atoms with Crippen LogP contribution in [0.25, 0.3) is 0 Å². The Morgan fingerprint density at radius 1 is 1.17 bits per heavy atom. The number of hydrogen-bond acceptors (Lipinski definition) is 8. The molecule has 1 aliphatic heterocycles. The maximum absolute atomic E-state index is 10.7. The van der Waals surface area contributed by atoms with Crippen molar-refractivity contribution in [3.05, 3.63) is 23.8 Å². The van der Waals surface area contributed by atoms with E-state index in [2.05, 4.69) is 0 Å². The van der Waals surface area contributed by atoms with E-state index in [-0.39, 0.29) is 17.9 Å². The third-order valence-electron chi connectivity index (χ3n) is 3.47. The molecule has 0 unspecified atom stereocenters. The number of aromatic hydroxyl groups is 1. The van der Waals surface area contributed by atoms with Gasteiger partial charge in [0.25, 0.3) is 0 Å². The van der Waals surface area contributed by atoms with Crippen LogP contribution in [-0.2, 0) is 16.0 Å². The van der Waals surface area contributed by atoms with Crippen molar-refractivity contribution >= 4 is 5.97 Å². The fourth-order valence-electron chi connectivity index (χ4n) is 2.23. The van der Waals surface area contributed by atoms with Crippen molar-refractivity contribution in [1.29, 1.82) is 0 Å². The van der Waals surface area contributed by atoms with Crippen molar-refractivity contribution in [2.45, 2.75) is 37.1 Å². The van der Waals surface area contributed by atoms with E-state index in [1.165, 1.54) is 18.2 Å². The van der Waals surface area contributed by atoms with Gasteiger partial charge in [-0.25, -0.2) is 0 Å². The second-order valence-electron chi connectivity index (χ2n) is 5.19. The number of carboxylic acids is 1. The molecule has 0 spiro atoms. The van der Waals surface area contributed by atoms with Crippen molar-refractivity contribution in [3.63, 3.8) is 0 Å². The van der Waals surface area contributed by atoms with Crippen LogP contribution in [0.5, 0.6) is 11.5 Å². The van der Waals surface area contributed by atoms with Crippen LogP contribution in [0.4, 0.5) is 0 Å². The second-order valence-corrected chi connectivity index (χ2v) is 5.19. The van der Waals surface area contributed by atoms with E-state index in [4.69, 9.17) is 19.7 Å². The molecule has 2 rings (SSSR count). The first-order chi connectivity index (χ1) is 10.8. The normalized spacial score (nSPS) is 30.9. The van der Waals surface area contributed by atoms with E-state index in [0.717, 1.165) is 0 Å². The van der Waals surface area contributed by atoms with E-state index in [1.54, 1.807) is 0 Å². The van der Waals surface area contributed by atoms with Crippen LogP contribution in [0.15, 0.2) is 18.2 Å². The largest absolute Gasteiger partial charge is 0.504 e. The van der Waals surface area contributed by atoms with E-state index in [9.17, 15) is 25.2 Å². The van der Waals surface area contributed by atoms with Crippen molar-refractivity contribution < 1.29 is 44.9 Å². The quantitative estimate of drug-likeness (QED) is 0.366. The first-order valence-corrected chi connectivity index (χ1v) is 6.84. The molecule has 1 heterocycles. The average molecular weight is 330 g/mol. The lowest BCUT2D eigenvalue weighted by Gasteiger charge is -2.39. The lowest BCUT2D eigenvalue weighted by Crippen LogP contribution is -2.60. The Hall–Kier alpha value is -1.91. The van der Waals surface area contributed by atoms with E-state index >= 15 is 0 Å². The van der Waals surface area contributed by atoms with Crippen molar-refractivity contribution in [2.24, 2.45) is 0 Å². The molecule has 0 aliphatic carbocycles. The molecule has 6 N–H and O–H groups in total. The molecule has 9 heteroatoms. The zero-order chi connectivity index (χ0) is 17.1. The van der Waals surface area contributed by atoms with Gasteiger partial charge in [-0.2, -0.15) is 0 Å². The van der Waals surface area contributed by atoms with Gasteiger partial charge in [-0.1, -0.05) is 6.07 Å². The van der Waals surface area contributed by atoms with Crippen LogP contribution >= 0.6 is 0 Å². The summed E-state index contributed by atoms with van der Waals surface area (Å²) in [6.45, 7) is -0.615. The highest BCUT2D eigenvalue weighted by molar-refractivity contribution is 5.70. The number of aliphatic hydroxyl groups excluding tert-OH is 4. The lowest BCUT2D eigenvalue weighted by molar-refractivity contribution is -0.277. The zero-order valence-electron chi connectivity index (χ0n) is 11.9. The van der Waals surface area contributed by atoms with Gasteiger partial charge in [-0.3, -0.25) is 4.79 Å². The number of hydrogen-bond donors (Lipinski definition) is 6. The summed E-state index contributed by atoms with van der Waals surface area (Å²) in [5.41, 5.74) is 0.342. The molecule has 1 saturated heterocycles. The number of carboxylic acid groups (broad SMARTS) is 1. The third-order valence-corrected chi connectivity index (χ3v) is 3.47. The summed E-state index contributed by atoms with van der Waals surface area (Å²) in [6.07, 6.45) is -7.68. The summed E-state index contributed by atoms with van der Waals surface area (Å²) in [5.74, 6) is -1.56. The molecular formula is C14H18O9. The number of aliphatic hydroxyl groups is 4. The fraction of sp³-hybridized carbons (Fsp3) is 0.500. The fourth-order valence-corrected chi connectivity index (χ4v) is 2.23. The Kier molecular flexibility index (Phi) is 5.39. The average Bonchev–Trinajstić information content (AvgIpc) is 2.50. The highest BCUT2D eigenvalue weighted by atomic mass is 16.7. The first-order valence-electron chi connectivity index (χ1n) is 6.84. The number of aliphatic carboxylic acids is 1. The van der Waals surface area contributed by atoms with Gasteiger partial charge >= 0.3 is 5.97 Å². The number of phenolic OH excluding ortho intramolecular Hbond substituents is 1. The number of benzene rings is 1. The number of carbonyl (C=O) groups is 1. The van der Waals surface area contributed by atoms with E-state index in [1.807, 2.05) is 0 Å². The summed E-state index contributed by atoms with van der Waals surface area (Å²) in [4.78, 5) is 10.7. The Morgan fingerprint density at radius 3 is 2.48 bits per heavy atom. The van der Waals surface area contributed by atoms with Gasteiger partial charge in [0.05, 0.1) is 13.0 Å². The summed E-state index contributed by atoms with van der Waals surface area (Å²) < 4.78 is 10.4. The van der Waals surface area contributed by atoms with Crippen LogP contribution in [0.1, 0.15) is 5.56 Å². The molecule has 0 radical (unpaired) electrons. The highest BCUT2D eigenvalue weighted by Gasteiger charge is 2.44. The molecule has 0 aromatic heterocycles. The van der Waals surface area contributed by atoms with Crippen molar-refractivity contribution in [2.75, 3.05) is 6.61 Å². The molecule has 23 heavy (non-hydrogen) atoms. The number of rotatable bonds is 5. The smallest absolute Gasteiger partial charge is 0.307 e. The van der Waals surface area contributed by atoms with Gasteiger partial charge in [0.1, 0.15) is 24.4 Å². The molecule has 1 fully saturated rings. The lowest BCUT2D eigenvalue weighted by atomic mass is 9.99. The van der Waals surface area contributed by atoms with E-state index < -0.39 is 43.3 Å². The molecule has 1 aliphatic rings. The molecule has 1 aromatic carbocycles. The molecule has 128 valence electrons. The molecule has 9 nitrogen and oxygen atoms in total. The van der Waals surface area contributed by atoms with Crippen LogP contribution in [0.2, 0.25) is 0 Å². The van der Waals surface area contributed by atoms with Crippen LogP contribution in [-0.4, -0.2) is 73.9 Å². The SMILES string of the molecule is O=C(O)Cc1ccc(O)c(O[C@H]2O[C@H](CO)[C@@H](O)[C@H](O)[C@H]2O)c1.